The van der Waals surface area contributed by atoms with Crippen LogP contribution in [0.4, 0.5) is 4.79 Å². The average molecular weight is 747 g/mol. The minimum absolute atomic E-state index is 0.143. The van der Waals surface area contributed by atoms with E-state index in [0.717, 1.165) is 60.4 Å². The second-order valence-corrected chi connectivity index (χ2v) is 16.1. The molecule has 276 valence electrons. The van der Waals surface area contributed by atoms with Crippen molar-refractivity contribution in [1.29, 1.82) is 0 Å². The van der Waals surface area contributed by atoms with Crippen molar-refractivity contribution in [1.82, 2.24) is 5.32 Å². The van der Waals surface area contributed by atoms with E-state index in [1.807, 2.05) is 46.8 Å². The van der Waals surface area contributed by atoms with E-state index < -0.39 is 11.7 Å². The molecule has 1 N–H and O–H groups in total. The monoisotopic (exact) mass is 745 g/mol. The fourth-order valence-electron chi connectivity index (χ4n) is 5.71. The Morgan fingerprint density at radius 2 is 1.51 bits per heavy atom. The van der Waals surface area contributed by atoms with Crippen LogP contribution in [0.3, 0.4) is 0 Å². The lowest BCUT2D eigenvalue weighted by Gasteiger charge is -2.31. The van der Waals surface area contributed by atoms with Gasteiger partial charge in [-0.3, -0.25) is 4.79 Å². The molecule has 0 spiro atoms. The first-order valence-electron chi connectivity index (χ1n) is 18.4. The Morgan fingerprint density at radius 3 is 2.02 bits per heavy atom. The van der Waals surface area contributed by atoms with E-state index in [1.54, 1.807) is 0 Å². The molecular formula is C41H64BrNO6. The van der Waals surface area contributed by atoms with Gasteiger partial charge in [-0.15, -0.1) is 0 Å². The van der Waals surface area contributed by atoms with Crippen molar-refractivity contribution in [3.05, 3.63) is 57.6 Å². The first-order chi connectivity index (χ1) is 23.0. The molecular weight excluding hydrogens is 682 g/mol. The number of hydrogen-bond donors (Lipinski definition) is 1. The quantitative estimate of drug-likeness (QED) is 0.136. The maximum Gasteiger partial charge on any atom is 0.408 e. The Bertz CT molecular complexity index is 1300. The largest absolute Gasteiger partial charge is 0.493 e. The number of alkyl carbamates (subject to hydrolysis) is 1. The van der Waals surface area contributed by atoms with Crippen LogP contribution in [0.1, 0.15) is 118 Å². The van der Waals surface area contributed by atoms with Crippen molar-refractivity contribution in [2.75, 3.05) is 13.2 Å². The van der Waals surface area contributed by atoms with Crippen LogP contribution in [0.25, 0.3) is 0 Å². The smallest absolute Gasteiger partial charge is 0.408 e. The minimum Gasteiger partial charge on any atom is -0.493 e. The van der Waals surface area contributed by atoms with Gasteiger partial charge in [-0.05, 0) is 119 Å². The van der Waals surface area contributed by atoms with Crippen LogP contribution in [-0.4, -0.2) is 43.0 Å². The van der Waals surface area contributed by atoms with Gasteiger partial charge in [-0.25, -0.2) is 4.79 Å². The second kappa shape index (κ2) is 20.8. The number of rotatable bonds is 16. The molecule has 0 bridgehead atoms. The van der Waals surface area contributed by atoms with E-state index in [0.29, 0.717) is 18.8 Å². The van der Waals surface area contributed by atoms with Crippen LogP contribution < -0.4 is 14.8 Å². The Labute approximate surface area is 305 Å². The van der Waals surface area contributed by atoms with Crippen molar-refractivity contribution >= 4 is 28.0 Å². The predicted molar refractivity (Wildman–Crippen MR) is 203 cm³/mol. The fraction of sp³-hybridized carbons (Fsp3) is 0.659. The molecule has 49 heavy (non-hydrogen) atoms. The van der Waals surface area contributed by atoms with E-state index in [2.05, 4.69) is 87.1 Å². The third-order valence-corrected chi connectivity index (χ3v) is 9.42. The highest BCUT2D eigenvalue weighted by Crippen LogP contribution is 2.34. The molecule has 4 atom stereocenters. The van der Waals surface area contributed by atoms with Gasteiger partial charge in [0.15, 0.2) is 0 Å². The SMILES string of the molecule is CCCCOc1cc(Br)ccc1C.CCCCOc1cc(C[C@@H](C[C@H](NC(=O)OC(C)(C)C)[C@@H]2C[C@@H](C(C)C)C(=O)O2)C(C)C)ccc1C. The number of ether oxygens (including phenoxy) is 4. The van der Waals surface area contributed by atoms with Gasteiger partial charge >= 0.3 is 12.1 Å². The predicted octanol–water partition coefficient (Wildman–Crippen LogP) is 10.8. The van der Waals surface area contributed by atoms with E-state index in [1.165, 1.54) is 17.5 Å². The number of unbranched alkanes of at least 4 members (excludes halogenated alkanes) is 2. The first-order valence-corrected chi connectivity index (χ1v) is 19.1. The summed E-state index contributed by atoms with van der Waals surface area (Å²) in [5, 5.41) is 3.06. The van der Waals surface area contributed by atoms with Gasteiger partial charge in [0.2, 0.25) is 0 Å². The molecule has 1 aliphatic rings. The van der Waals surface area contributed by atoms with E-state index in [4.69, 9.17) is 18.9 Å². The lowest BCUT2D eigenvalue weighted by Crippen LogP contribution is -2.47. The number of carbonyl (C=O) groups is 2. The van der Waals surface area contributed by atoms with Gasteiger partial charge in [0.05, 0.1) is 25.2 Å². The average Bonchev–Trinajstić information content (AvgIpc) is 3.41. The molecule has 1 heterocycles. The van der Waals surface area contributed by atoms with Crippen LogP contribution in [0, 0.1) is 37.5 Å². The third-order valence-electron chi connectivity index (χ3n) is 8.92. The molecule has 0 aliphatic carbocycles. The number of hydrogen-bond acceptors (Lipinski definition) is 6. The molecule has 0 radical (unpaired) electrons. The van der Waals surface area contributed by atoms with E-state index >= 15 is 0 Å². The molecule has 8 heteroatoms. The van der Waals surface area contributed by atoms with Gasteiger partial charge in [0.25, 0.3) is 0 Å². The highest BCUT2D eigenvalue weighted by atomic mass is 79.9. The first kappa shape index (κ1) is 42.4. The van der Waals surface area contributed by atoms with Crippen LogP contribution in [0.15, 0.2) is 40.9 Å². The maximum atomic E-state index is 12.7. The standard InChI is InChI=1S/C30H49NO5.C11H15BrO/c1-10-11-14-34-26-16-22(13-12-21(26)6)15-23(19(2)3)17-25(31-29(33)36-30(7,8)9)27-18-24(20(4)5)28(32)35-27;1-3-4-7-13-11-8-10(12)6-5-9(11)2/h12-13,16,19-20,23-25,27H,10-11,14-15,17-18H2,1-9H3,(H,31,33);5-6,8H,3-4,7H2,1-2H3/t23-,24-,25-,27-;/m0./s1. The Balaban J connectivity index is 0.000000535. The van der Waals surface area contributed by atoms with Crippen LogP contribution in [0.2, 0.25) is 0 Å². The summed E-state index contributed by atoms with van der Waals surface area (Å²) in [6.07, 6.45) is 5.76. The molecule has 0 unspecified atom stereocenters. The number of carbonyl (C=O) groups excluding carboxylic acids is 2. The van der Waals surface area contributed by atoms with Crippen LogP contribution in [0.5, 0.6) is 11.5 Å². The summed E-state index contributed by atoms with van der Waals surface area (Å²) in [5.74, 6) is 2.46. The molecule has 1 aliphatic heterocycles. The van der Waals surface area contributed by atoms with Crippen molar-refractivity contribution < 1.29 is 28.5 Å². The summed E-state index contributed by atoms with van der Waals surface area (Å²) >= 11 is 3.43. The van der Waals surface area contributed by atoms with Crippen molar-refractivity contribution in [2.24, 2.45) is 23.7 Å². The molecule has 0 aromatic heterocycles. The number of halogens is 1. The van der Waals surface area contributed by atoms with Crippen molar-refractivity contribution in [2.45, 2.75) is 139 Å². The summed E-state index contributed by atoms with van der Waals surface area (Å²) in [6, 6.07) is 12.2. The fourth-order valence-corrected chi connectivity index (χ4v) is 6.05. The zero-order valence-electron chi connectivity index (χ0n) is 32.1. The van der Waals surface area contributed by atoms with Gasteiger partial charge in [0.1, 0.15) is 23.2 Å². The third kappa shape index (κ3) is 15.4. The molecule has 0 saturated carbocycles. The topological polar surface area (TPSA) is 83.1 Å². The number of benzene rings is 2. The zero-order valence-corrected chi connectivity index (χ0v) is 33.7. The molecule has 1 amide bonds. The number of nitrogens with one attached hydrogen (secondary N) is 1. The zero-order chi connectivity index (χ0) is 36.7. The normalized spacial score (nSPS) is 17.2. The molecule has 1 saturated heterocycles. The molecule has 2 aromatic rings. The molecule has 7 nitrogen and oxygen atoms in total. The van der Waals surface area contributed by atoms with Gasteiger partial charge in [0, 0.05) is 4.47 Å². The maximum absolute atomic E-state index is 12.7. The lowest BCUT2D eigenvalue weighted by atomic mass is 9.81. The number of cyclic esters (lactones) is 1. The molecule has 1 fully saturated rings. The number of aryl methyl sites for hydroxylation is 2. The second-order valence-electron chi connectivity index (χ2n) is 15.2. The summed E-state index contributed by atoms with van der Waals surface area (Å²) in [7, 11) is 0. The van der Waals surface area contributed by atoms with Crippen LogP contribution in [-0.2, 0) is 20.7 Å². The molecule has 2 aromatic carbocycles. The highest BCUT2D eigenvalue weighted by molar-refractivity contribution is 9.10. The Kier molecular flexibility index (Phi) is 18.0. The number of amides is 1. The van der Waals surface area contributed by atoms with E-state index in [-0.39, 0.29) is 35.9 Å². The lowest BCUT2D eigenvalue weighted by molar-refractivity contribution is -0.146. The van der Waals surface area contributed by atoms with Gasteiger partial charge < -0.3 is 24.3 Å². The van der Waals surface area contributed by atoms with Gasteiger partial charge in [-0.1, -0.05) is 88.5 Å². The van der Waals surface area contributed by atoms with Crippen molar-refractivity contribution in [3.63, 3.8) is 0 Å². The van der Waals surface area contributed by atoms with Crippen LogP contribution >= 0.6 is 15.9 Å². The Hall–Kier alpha value is -2.74. The minimum atomic E-state index is -0.602. The number of esters is 1. The summed E-state index contributed by atoms with van der Waals surface area (Å²) in [5.41, 5.74) is 2.94. The van der Waals surface area contributed by atoms with Crippen molar-refractivity contribution in [3.8, 4) is 11.5 Å². The van der Waals surface area contributed by atoms with Gasteiger partial charge in [-0.2, -0.15) is 0 Å². The summed E-state index contributed by atoms with van der Waals surface area (Å²) in [4.78, 5) is 25.3. The molecule has 3 rings (SSSR count). The highest BCUT2D eigenvalue weighted by Gasteiger charge is 2.42. The Morgan fingerprint density at radius 1 is 0.939 bits per heavy atom. The summed E-state index contributed by atoms with van der Waals surface area (Å²) in [6.45, 7) is 24.0. The summed E-state index contributed by atoms with van der Waals surface area (Å²) < 4.78 is 24.1. The van der Waals surface area contributed by atoms with E-state index in [9.17, 15) is 9.59 Å².